The number of esters is 1. The number of hydrogen-bond donors (Lipinski definition) is 0. The highest BCUT2D eigenvalue weighted by atomic mass is 35.5. The van der Waals surface area contributed by atoms with E-state index in [2.05, 4.69) is 15.0 Å². The number of aryl methyl sites for hydroxylation is 2. The first kappa shape index (κ1) is 24.5. The highest BCUT2D eigenvalue weighted by molar-refractivity contribution is 6.31. The number of anilines is 1. The SMILES string of the molecule is Cc1ccc(Cn2nc(C)c(C=CC(=O)OCC(=O)N3CCN(c4ccccn4)CC3)c2Cl)cc1. The van der Waals surface area contributed by atoms with Crippen LogP contribution >= 0.6 is 11.6 Å². The number of benzene rings is 1. The van der Waals surface area contributed by atoms with E-state index in [-0.39, 0.29) is 12.5 Å². The summed E-state index contributed by atoms with van der Waals surface area (Å²) in [5, 5.41) is 4.92. The maximum Gasteiger partial charge on any atom is 0.331 e. The zero-order valence-electron chi connectivity index (χ0n) is 19.9. The van der Waals surface area contributed by atoms with Crippen LogP contribution in [0.5, 0.6) is 0 Å². The van der Waals surface area contributed by atoms with Crippen molar-refractivity contribution >= 4 is 35.4 Å². The molecule has 9 heteroatoms. The number of ether oxygens (including phenoxy) is 1. The lowest BCUT2D eigenvalue weighted by Crippen LogP contribution is -2.50. The minimum atomic E-state index is -0.604. The van der Waals surface area contributed by atoms with Crippen LogP contribution in [-0.2, 0) is 20.9 Å². The molecule has 35 heavy (non-hydrogen) atoms. The van der Waals surface area contributed by atoms with E-state index in [1.54, 1.807) is 21.9 Å². The molecule has 0 atom stereocenters. The van der Waals surface area contributed by atoms with Crippen LogP contribution in [0.1, 0.15) is 22.4 Å². The molecule has 1 amide bonds. The Labute approximate surface area is 209 Å². The van der Waals surface area contributed by atoms with E-state index in [0.29, 0.717) is 49.1 Å². The first-order chi connectivity index (χ1) is 16.9. The van der Waals surface area contributed by atoms with Crippen molar-refractivity contribution in [3.63, 3.8) is 0 Å². The average molecular weight is 494 g/mol. The fourth-order valence-electron chi connectivity index (χ4n) is 3.88. The first-order valence-electron chi connectivity index (χ1n) is 11.5. The maximum atomic E-state index is 12.5. The van der Waals surface area contributed by atoms with Crippen LogP contribution in [0.15, 0.2) is 54.7 Å². The van der Waals surface area contributed by atoms with Gasteiger partial charge >= 0.3 is 5.97 Å². The Balaban J connectivity index is 1.27. The van der Waals surface area contributed by atoms with E-state index in [1.165, 1.54) is 11.6 Å². The number of halogens is 1. The highest BCUT2D eigenvalue weighted by Crippen LogP contribution is 2.22. The molecule has 182 valence electrons. The molecule has 0 aliphatic carbocycles. The predicted octanol–water partition coefficient (Wildman–Crippen LogP) is 3.50. The van der Waals surface area contributed by atoms with Gasteiger partial charge in [0, 0.05) is 44.0 Å². The van der Waals surface area contributed by atoms with Gasteiger partial charge in [0.2, 0.25) is 0 Å². The van der Waals surface area contributed by atoms with Gasteiger partial charge in [0.05, 0.1) is 12.2 Å². The minimum absolute atomic E-state index is 0.215. The standard InChI is InChI=1S/C26H28ClN5O3/c1-19-6-8-21(9-7-19)17-32-26(27)22(20(2)29-32)10-11-25(34)35-18-24(33)31-15-13-30(14-16-31)23-5-3-4-12-28-23/h3-12H,13-18H2,1-2H3. The molecule has 1 fully saturated rings. The van der Waals surface area contributed by atoms with Gasteiger partial charge in [0.1, 0.15) is 11.0 Å². The second-order valence-corrected chi connectivity index (χ2v) is 8.79. The van der Waals surface area contributed by atoms with Crippen molar-refractivity contribution in [3.8, 4) is 0 Å². The Morgan fingerprint density at radius 2 is 1.80 bits per heavy atom. The van der Waals surface area contributed by atoms with Gasteiger partial charge in [-0.2, -0.15) is 5.10 Å². The largest absolute Gasteiger partial charge is 0.452 e. The lowest BCUT2D eigenvalue weighted by molar-refractivity contribution is -0.148. The Bertz CT molecular complexity index is 1200. The van der Waals surface area contributed by atoms with E-state index in [0.717, 1.165) is 11.4 Å². The van der Waals surface area contributed by atoms with Crippen molar-refractivity contribution in [1.82, 2.24) is 19.7 Å². The van der Waals surface area contributed by atoms with Gasteiger partial charge in [-0.25, -0.2) is 14.5 Å². The van der Waals surface area contributed by atoms with Gasteiger partial charge in [-0.1, -0.05) is 47.5 Å². The van der Waals surface area contributed by atoms with Crippen molar-refractivity contribution in [3.05, 3.63) is 82.3 Å². The Morgan fingerprint density at radius 1 is 1.06 bits per heavy atom. The third-order valence-corrected chi connectivity index (χ3v) is 6.29. The van der Waals surface area contributed by atoms with Gasteiger partial charge in [-0.15, -0.1) is 0 Å². The van der Waals surface area contributed by atoms with Gasteiger partial charge in [0.25, 0.3) is 5.91 Å². The molecule has 0 spiro atoms. The second-order valence-electron chi connectivity index (χ2n) is 8.43. The minimum Gasteiger partial charge on any atom is -0.452 e. The summed E-state index contributed by atoms with van der Waals surface area (Å²) in [6.07, 6.45) is 4.61. The topological polar surface area (TPSA) is 80.6 Å². The molecule has 0 radical (unpaired) electrons. The highest BCUT2D eigenvalue weighted by Gasteiger charge is 2.22. The zero-order chi connectivity index (χ0) is 24.8. The van der Waals surface area contributed by atoms with Crippen molar-refractivity contribution in [2.75, 3.05) is 37.7 Å². The second kappa shape index (κ2) is 11.2. The molecule has 0 saturated carbocycles. The first-order valence-corrected chi connectivity index (χ1v) is 11.9. The lowest BCUT2D eigenvalue weighted by Gasteiger charge is -2.35. The summed E-state index contributed by atoms with van der Waals surface area (Å²) in [5.74, 6) is 0.0760. The molecule has 1 aromatic carbocycles. The summed E-state index contributed by atoms with van der Waals surface area (Å²) in [7, 11) is 0. The number of rotatable bonds is 7. The van der Waals surface area contributed by atoms with E-state index >= 15 is 0 Å². The van der Waals surface area contributed by atoms with Crippen LogP contribution in [0.3, 0.4) is 0 Å². The number of nitrogens with zero attached hydrogens (tertiary/aromatic N) is 5. The summed E-state index contributed by atoms with van der Waals surface area (Å²) >= 11 is 6.51. The molecule has 3 heterocycles. The van der Waals surface area contributed by atoms with Crippen molar-refractivity contribution in [2.45, 2.75) is 20.4 Å². The monoisotopic (exact) mass is 493 g/mol. The van der Waals surface area contributed by atoms with Gasteiger partial charge in [-0.3, -0.25) is 4.79 Å². The number of carbonyl (C=O) groups excluding carboxylic acids is 2. The van der Waals surface area contributed by atoms with Crippen LogP contribution in [0.25, 0.3) is 6.08 Å². The molecular formula is C26H28ClN5O3. The van der Waals surface area contributed by atoms with Crippen molar-refractivity contribution < 1.29 is 14.3 Å². The molecule has 1 saturated heterocycles. The Kier molecular flexibility index (Phi) is 7.82. The fourth-order valence-corrected chi connectivity index (χ4v) is 4.17. The third-order valence-electron chi connectivity index (χ3n) is 5.89. The van der Waals surface area contributed by atoms with Crippen LogP contribution < -0.4 is 4.90 Å². The number of piperazine rings is 1. The van der Waals surface area contributed by atoms with Gasteiger partial charge < -0.3 is 14.5 Å². The number of amides is 1. The molecule has 1 aliphatic rings. The molecule has 0 bridgehead atoms. The van der Waals surface area contributed by atoms with E-state index in [9.17, 15) is 9.59 Å². The molecule has 3 aromatic rings. The predicted molar refractivity (Wildman–Crippen MR) is 135 cm³/mol. The van der Waals surface area contributed by atoms with Crippen LogP contribution in [0.2, 0.25) is 5.15 Å². The molecule has 1 aliphatic heterocycles. The molecule has 0 N–H and O–H groups in total. The number of pyridine rings is 1. The molecule has 0 unspecified atom stereocenters. The maximum absolute atomic E-state index is 12.5. The number of carbonyl (C=O) groups is 2. The molecule has 8 nitrogen and oxygen atoms in total. The Morgan fingerprint density at radius 3 is 2.49 bits per heavy atom. The summed E-state index contributed by atoms with van der Waals surface area (Å²) in [6, 6.07) is 13.9. The third kappa shape index (κ3) is 6.27. The quantitative estimate of drug-likeness (QED) is 0.370. The molecular weight excluding hydrogens is 466 g/mol. The summed E-state index contributed by atoms with van der Waals surface area (Å²) < 4.78 is 6.87. The number of hydrogen-bond acceptors (Lipinski definition) is 6. The van der Waals surface area contributed by atoms with Crippen LogP contribution in [0, 0.1) is 13.8 Å². The van der Waals surface area contributed by atoms with E-state index in [4.69, 9.17) is 16.3 Å². The van der Waals surface area contributed by atoms with Crippen LogP contribution in [-0.4, -0.2) is 64.3 Å². The Hall–Kier alpha value is -3.65. The smallest absolute Gasteiger partial charge is 0.331 e. The normalized spacial score (nSPS) is 13.9. The van der Waals surface area contributed by atoms with Gasteiger partial charge in [-0.05, 0) is 37.6 Å². The van der Waals surface area contributed by atoms with E-state index < -0.39 is 5.97 Å². The summed E-state index contributed by atoms with van der Waals surface area (Å²) in [6.45, 7) is 6.56. The fraction of sp³-hybridized carbons (Fsp3) is 0.308. The van der Waals surface area contributed by atoms with Crippen molar-refractivity contribution in [2.24, 2.45) is 0 Å². The van der Waals surface area contributed by atoms with Gasteiger partial charge in [0.15, 0.2) is 6.61 Å². The van der Waals surface area contributed by atoms with Crippen molar-refractivity contribution in [1.29, 1.82) is 0 Å². The van der Waals surface area contributed by atoms with Crippen LogP contribution in [0.4, 0.5) is 5.82 Å². The summed E-state index contributed by atoms with van der Waals surface area (Å²) in [4.78, 5) is 32.9. The van der Waals surface area contributed by atoms with E-state index in [1.807, 2.05) is 56.3 Å². The summed E-state index contributed by atoms with van der Waals surface area (Å²) in [5.41, 5.74) is 3.61. The lowest BCUT2D eigenvalue weighted by atomic mass is 10.1. The molecule has 4 rings (SSSR count). The number of aromatic nitrogens is 3. The average Bonchev–Trinajstić information content (AvgIpc) is 3.15. The zero-order valence-corrected chi connectivity index (χ0v) is 20.6. The molecule has 2 aromatic heterocycles.